The minimum Gasteiger partial charge on any atom is -0.478 e. The minimum absolute atomic E-state index is 0.558. The van der Waals surface area contributed by atoms with Crippen molar-refractivity contribution in [3.8, 4) is 0 Å². The number of hydrogen-bond donors (Lipinski definition) is 4. The first-order valence-electron chi connectivity index (χ1n) is 4.12. The topological polar surface area (TPSA) is 116 Å². The van der Waals surface area contributed by atoms with E-state index in [-0.39, 0.29) is 0 Å². The molecule has 0 aliphatic rings. The lowest BCUT2D eigenvalue weighted by atomic mass is 10.5. The van der Waals surface area contributed by atoms with Crippen LogP contribution in [0.5, 0.6) is 0 Å². The van der Waals surface area contributed by atoms with Crippen LogP contribution in [0, 0.1) is 0 Å². The lowest BCUT2D eigenvalue weighted by Gasteiger charge is -2.06. The van der Waals surface area contributed by atoms with Gasteiger partial charge in [0.1, 0.15) is 0 Å². The molecule has 0 unspecified atom stereocenters. The molecule has 0 bridgehead atoms. The summed E-state index contributed by atoms with van der Waals surface area (Å²) in [6.45, 7) is 1.85. The van der Waals surface area contributed by atoms with E-state index in [4.69, 9.17) is 16.1 Å². The highest BCUT2D eigenvalue weighted by Gasteiger charge is 1.88. The lowest BCUT2D eigenvalue weighted by Crippen LogP contribution is -2.30. The van der Waals surface area contributed by atoms with E-state index in [1.807, 2.05) is 14.1 Å². The molecule has 5 N–H and O–H groups in total. The third-order valence-electron chi connectivity index (χ3n) is 1.07. The Kier molecular flexibility index (Phi) is 11.4. The largest absolute Gasteiger partial charge is 0.478 e. The van der Waals surface area contributed by atoms with Gasteiger partial charge in [-0.05, 0) is 14.1 Å². The van der Waals surface area contributed by atoms with Gasteiger partial charge in [-0.2, -0.15) is 0 Å². The molecule has 7 nitrogen and oxygen atoms in total. The van der Waals surface area contributed by atoms with Gasteiger partial charge < -0.3 is 15.1 Å². The fourth-order valence-electron chi connectivity index (χ4n) is 0.431. The van der Waals surface area contributed by atoms with Gasteiger partial charge in [-0.15, -0.1) is 0 Å². The molecule has 0 aromatic carbocycles. The van der Waals surface area contributed by atoms with Gasteiger partial charge >= 0.3 is 11.9 Å². The van der Waals surface area contributed by atoms with E-state index >= 15 is 0 Å². The molecule has 0 saturated heterocycles. The number of carboxylic acid groups (broad SMARTS) is 2. The highest BCUT2D eigenvalue weighted by atomic mass is 16.4. The van der Waals surface area contributed by atoms with E-state index in [2.05, 4.69) is 10.3 Å². The van der Waals surface area contributed by atoms with Gasteiger partial charge in [-0.1, -0.05) is 0 Å². The summed E-state index contributed by atoms with van der Waals surface area (Å²) in [7, 11) is 4.02. The van der Waals surface area contributed by atoms with Crippen LogP contribution in [0.25, 0.3) is 0 Å². The zero-order chi connectivity index (χ0) is 12.3. The first kappa shape index (κ1) is 16.0. The molecule has 0 aromatic rings. The van der Waals surface area contributed by atoms with Gasteiger partial charge in [0.15, 0.2) is 0 Å². The normalized spacial score (nSPS) is 9.87. The summed E-state index contributed by atoms with van der Waals surface area (Å²) in [5.41, 5.74) is 2.56. The van der Waals surface area contributed by atoms with Gasteiger partial charge in [0.25, 0.3) is 0 Å². The Morgan fingerprint density at radius 3 is 1.80 bits per heavy atom. The number of nitrogens with one attached hydrogen (secondary N) is 1. The Balaban J connectivity index is 0. The number of hydrogen-bond acceptors (Lipinski definition) is 5. The van der Waals surface area contributed by atoms with Crippen LogP contribution >= 0.6 is 0 Å². The predicted octanol–water partition coefficient (Wildman–Crippen LogP) is -1.28. The van der Waals surface area contributed by atoms with Crippen molar-refractivity contribution in [3.05, 3.63) is 12.2 Å². The molecule has 0 aliphatic heterocycles. The monoisotopic (exact) mass is 219 g/mol. The molecule has 0 radical (unpaired) electrons. The fraction of sp³-hybridized carbons (Fsp3) is 0.500. The Morgan fingerprint density at radius 1 is 1.27 bits per heavy atom. The van der Waals surface area contributed by atoms with Crippen LogP contribution in [0.4, 0.5) is 0 Å². The number of aliphatic carboxylic acids is 2. The Bertz CT molecular complexity index is 200. The van der Waals surface area contributed by atoms with Crippen LogP contribution in [0.15, 0.2) is 12.2 Å². The van der Waals surface area contributed by atoms with Gasteiger partial charge in [0.05, 0.1) is 0 Å². The third-order valence-corrected chi connectivity index (χ3v) is 1.07. The standard InChI is InChI=1S/C4H13N3.C4H4O4/c1-7(2)4-3-6-5;5-3(6)1-2-4(7)8/h6H,3-5H2,1-2H3;1-2H,(H,5,6)(H,7,8)/b;2-1-. The Morgan fingerprint density at radius 2 is 1.67 bits per heavy atom. The first-order valence-corrected chi connectivity index (χ1v) is 4.12. The quantitative estimate of drug-likeness (QED) is 0.258. The maximum Gasteiger partial charge on any atom is 0.328 e. The van der Waals surface area contributed by atoms with E-state index in [9.17, 15) is 9.59 Å². The summed E-state index contributed by atoms with van der Waals surface area (Å²) < 4.78 is 0. The van der Waals surface area contributed by atoms with Crippen molar-refractivity contribution in [1.29, 1.82) is 0 Å². The summed E-state index contributed by atoms with van der Waals surface area (Å²) >= 11 is 0. The molecule has 0 aliphatic carbocycles. The SMILES string of the molecule is CN(C)CCNN.O=C(O)/C=C\C(=O)O. The molecule has 0 aromatic heterocycles. The molecule has 0 saturated carbocycles. The molecule has 88 valence electrons. The van der Waals surface area contributed by atoms with E-state index in [1.165, 1.54) is 0 Å². The van der Waals surface area contributed by atoms with Crippen molar-refractivity contribution < 1.29 is 19.8 Å². The molecule has 15 heavy (non-hydrogen) atoms. The molecule has 0 spiro atoms. The number of carbonyl (C=O) groups is 2. The Hall–Kier alpha value is -1.44. The molecular formula is C8H17N3O4. The molecular weight excluding hydrogens is 202 g/mol. The number of likely N-dealkylation sites (N-methyl/N-ethyl adjacent to an activating group) is 1. The van der Waals surface area contributed by atoms with Crippen molar-refractivity contribution in [2.45, 2.75) is 0 Å². The molecule has 0 amide bonds. The fourth-order valence-corrected chi connectivity index (χ4v) is 0.431. The minimum atomic E-state index is -1.26. The highest BCUT2D eigenvalue weighted by molar-refractivity contribution is 5.89. The molecule has 0 fully saturated rings. The second-order valence-electron chi connectivity index (χ2n) is 2.77. The maximum absolute atomic E-state index is 9.55. The number of nitrogens with two attached hydrogens (primary N) is 1. The van der Waals surface area contributed by atoms with Gasteiger partial charge in [0.2, 0.25) is 0 Å². The first-order chi connectivity index (χ1) is 6.90. The van der Waals surface area contributed by atoms with Crippen LogP contribution < -0.4 is 11.3 Å². The average Bonchev–Trinajstić information content (AvgIpc) is 2.12. The van der Waals surface area contributed by atoms with E-state index in [1.54, 1.807) is 0 Å². The second kappa shape index (κ2) is 10.6. The smallest absolute Gasteiger partial charge is 0.328 e. The van der Waals surface area contributed by atoms with Crippen LogP contribution in [0.1, 0.15) is 0 Å². The van der Waals surface area contributed by atoms with Crippen molar-refractivity contribution in [3.63, 3.8) is 0 Å². The van der Waals surface area contributed by atoms with Crippen molar-refractivity contribution in [2.24, 2.45) is 5.84 Å². The van der Waals surface area contributed by atoms with E-state index < -0.39 is 11.9 Å². The number of carboxylic acids is 2. The van der Waals surface area contributed by atoms with Gasteiger partial charge in [-0.3, -0.25) is 11.3 Å². The average molecular weight is 219 g/mol. The molecule has 0 heterocycles. The van der Waals surface area contributed by atoms with Crippen LogP contribution in [0.2, 0.25) is 0 Å². The summed E-state index contributed by atoms with van der Waals surface area (Å²) in [5, 5.41) is 15.6. The zero-order valence-corrected chi connectivity index (χ0v) is 8.80. The summed E-state index contributed by atoms with van der Waals surface area (Å²) in [6.07, 6.45) is 1.12. The van der Waals surface area contributed by atoms with Crippen LogP contribution in [-0.2, 0) is 9.59 Å². The number of rotatable bonds is 5. The predicted molar refractivity (Wildman–Crippen MR) is 55.2 cm³/mol. The van der Waals surface area contributed by atoms with Crippen molar-refractivity contribution in [2.75, 3.05) is 27.2 Å². The van der Waals surface area contributed by atoms with Gasteiger partial charge in [-0.25, -0.2) is 9.59 Å². The second-order valence-corrected chi connectivity index (χ2v) is 2.77. The third kappa shape index (κ3) is 24.5. The number of nitrogens with zero attached hydrogens (tertiary/aromatic N) is 1. The zero-order valence-electron chi connectivity index (χ0n) is 8.80. The van der Waals surface area contributed by atoms with E-state index in [0.717, 1.165) is 13.1 Å². The molecule has 0 rings (SSSR count). The molecule has 0 atom stereocenters. The van der Waals surface area contributed by atoms with Gasteiger partial charge in [0, 0.05) is 25.2 Å². The Labute approximate surface area is 88.1 Å². The van der Waals surface area contributed by atoms with Crippen LogP contribution in [-0.4, -0.2) is 54.2 Å². The lowest BCUT2D eigenvalue weighted by molar-refractivity contribution is -0.134. The van der Waals surface area contributed by atoms with E-state index in [0.29, 0.717) is 12.2 Å². The van der Waals surface area contributed by atoms with Crippen molar-refractivity contribution >= 4 is 11.9 Å². The maximum atomic E-state index is 9.55. The van der Waals surface area contributed by atoms with Crippen molar-refractivity contribution in [1.82, 2.24) is 10.3 Å². The number of hydrazine groups is 1. The molecule has 7 heteroatoms. The van der Waals surface area contributed by atoms with Crippen LogP contribution in [0.3, 0.4) is 0 Å². The summed E-state index contributed by atoms with van der Waals surface area (Å²) in [5.74, 6) is 2.49. The summed E-state index contributed by atoms with van der Waals surface area (Å²) in [6, 6.07) is 0. The highest BCUT2D eigenvalue weighted by Crippen LogP contribution is 1.70. The summed E-state index contributed by atoms with van der Waals surface area (Å²) in [4.78, 5) is 21.2.